The van der Waals surface area contributed by atoms with Gasteiger partial charge in [-0.1, -0.05) is 0 Å². The molecule has 25 heavy (non-hydrogen) atoms. The average molecular weight is 347 g/mol. The van der Waals surface area contributed by atoms with Crippen LogP contribution in [0.5, 0.6) is 11.5 Å². The van der Waals surface area contributed by atoms with E-state index >= 15 is 0 Å². The van der Waals surface area contributed by atoms with Crippen LogP contribution in [0, 0.1) is 11.3 Å². The summed E-state index contributed by atoms with van der Waals surface area (Å²) >= 11 is 0. The van der Waals surface area contributed by atoms with Crippen molar-refractivity contribution in [3.05, 3.63) is 30.0 Å². The number of hydrogen-bond acceptors (Lipinski definition) is 6. The van der Waals surface area contributed by atoms with Crippen molar-refractivity contribution in [1.29, 1.82) is 5.26 Å². The van der Waals surface area contributed by atoms with Gasteiger partial charge in [-0.3, -0.25) is 9.59 Å². The van der Waals surface area contributed by atoms with E-state index in [4.69, 9.17) is 19.8 Å². The van der Waals surface area contributed by atoms with Gasteiger partial charge in [-0.15, -0.1) is 0 Å². The van der Waals surface area contributed by atoms with Crippen molar-refractivity contribution < 1.29 is 24.2 Å². The van der Waals surface area contributed by atoms with E-state index in [0.29, 0.717) is 30.4 Å². The summed E-state index contributed by atoms with van der Waals surface area (Å²) in [5, 5.41) is 22.9. The third-order valence-corrected chi connectivity index (χ3v) is 3.01. The highest BCUT2D eigenvalue weighted by atomic mass is 16.5. The van der Waals surface area contributed by atoms with Crippen LogP contribution in [0.2, 0.25) is 0 Å². The molecule has 0 fully saturated rings. The first-order chi connectivity index (χ1) is 11.9. The smallest absolute Gasteiger partial charge is 0.325 e. The number of nitrogens with zero attached hydrogens (tertiary/aromatic N) is 1. The predicted molar refractivity (Wildman–Crippen MR) is 91.3 cm³/mol. The number of nitrogens with one attached hydrogen (secondary N) is 2. The number of rotatable bonds is 9. The van der Waals surface area contributed by atoms with Crippen molar-refractivity contribution in [2.45, 2.75) is 26.8 Å². The number of aliphatic carboxylic acids is 1. The van der Waals surface area contributed by atoms with Crippen LogP contribution in [0.1, 0.15) is 20.8 Å². The molecule has 1 rings (SSSR count). The van der Waals surface area contributed by atoms with E-state index in [1.54, 1.807) is 24.3 Å². The van der Waals surface area contributed by atoms with Gasteiger partial charge in [0.2, 0.25) is 0 Å². The second-order valence-corrected chi connectivity index (χ2v) is 4.88. The first-order valence-corrected chi connectivity index (χ1v) is 7.73. The molecule has 0 aliphatic rings. The lowest BCUT2D eigenvalue weighted by Crippen LogP contribution is -2.39. The van der Waals surface area contributed by atoms with Crippen LogP contribution in [-0.2, 0) is 9.59 Å². The highest BCUT2D eigenvalue weighted by Crippen LogP contribution is 2.30. The number of hydrogen-bond donors (Lipinski definition) is 3. The Bertz CT molecular complexity index is 694. The fourth-order valence-electron chi connectivity index (χ4n) is 1.78. The third-order valence-electron chi connectivity index (χ3n) is 3.01. The summed E-state index contributed by atoms with van der Waals surface area (Å²) in [6.45, 7) is 5.97. The SMILES string of the molecule is CCOc1ccc(N/C=C(/C#N)C(=O)NC(C)C(=O)O)cc1OCC. The minimum atomic E-state index is -1.19. The number of carboxylic acid groups (broad SMARTS) is 1. The lowest BCUT2D eigenvalue weighted by Gasteiger charge is -2.12. The van der Waals surface area contributed by atoms with E-state index < -0.39 is 17.9 Å². The van der Waals surface area contributed by atoms with Crippen molar-refractivity contribution >= 4 is 17.6 Å². The summed E-state index contributed by atoms with van der Waals surface area (Å²) < 4.78 is 10.9. The maximum atomic E-state index is 11.9. The zero-order valence-electron chi connectivity index (χ0n) is 14.3. The summed E-state index contributed by atoms with van der Waals surface area (Å²) in [5.41, 5.74) is 0.332. The summed E-state index contributed by atoms with van der Waals surface area (Å²) in [6.07, 6.45) is 1.20. The van der Waals surface area contributed by atoms with E-state index in [0.717, 1.165) is 0 Å². The van der Waals surface area contributed by atoms with Crippen molar-refractivity contribution in [3.63, 3.8) is 0 Å². The monoisotopic (exact) mass is 347 g/mol. The number of nitriles is 1. The van der Waals surface area contributed by atoms with E-state index in [1.807, 2.05) is 13.8 Å². The molecule has 0 saturated carbocycles. The Morgan fingerprint density at radius 2 is 1.92 bits per heavy atom. The predicted octanol–water partition coefficient (Wildman–Crippen LogP) is 1.89. The summed E-state index contributed by atoms with van der Waals surface area (Å²) in [6, 6.07) is 5.72. The molecule has 0 aromatic heterocycles. The van der Waals surface area contributed by atoms with Gasteiger partial charge in [0.25, 0.3) is 5.91 Å². The first-order valence-electron chi connectivity index (χ1n) is 7.73. The van der Waals surface area contributed by atoms with E-state index in [9.17, 15) is 9.59 Å². The van der Waals surface area contributed by atoms with Gasteiger partial charge in [0.05, 0.1) is 13.2 Å². The maximum Gasteiger partial charge on any atom is 0.325 e. The van der Waals surface area contributed by atoms with Crippen molar-refractivity contribution in [2.24, 2.45) is 0 Å². The molecule has 1 amide bonds. The molecule has 1 unspecified atom stereocenters. The molecule has 1 atom stereocenters. The number of ether oxygens (including phenoxy) is 2. The van der Waals surface area contributed by atoms with Crippen LogP contribution in [-0.4, -0.2) is 36.2 Å². The molecular weight excluding hydrogens is 326 g/mol. The van der Waals surface area contributed by atoms with E-state index in [1.165, 1.54) is 13.1 Å². The number of carbonyl (C=O) groups excluding carboxylic acids is 1. The molecule has 0 aliphatic carbocycles. The lowest BCUT2D eigenvalue weighted by molar-refractivity contribution is -0.140. The summed E-state index contributed by atoms with van der Waals surface area (Å²) in [7, 11) is 0. The number of amides is 1. The van der Waals surface area contributed by atoms with Crippen LogP contribution in [0.3, 0.4) is 0 Å². The zero-order chi connectivity index (χ0) is 18.8. The number of carbonyl (C=O) groups is 2. The Morgan fingerprint density at radius 3 is 2.48 bits per heavy atom. The minimum Gasteiger partial charge on any atom is -0.490 e. The van der Waals surface area contributed by atoms with Gasteiger partial charge < -0.3 is 25.2 Å². The Kier molecular flexibility index (Phi) is 7.79. The number of anilines is 1. The van der Waals surface area contributed by atoms with Gasteiger partial charge in [-0.05, 0) is 32.9 Å². The highest BCUT2D eigenvalue weighted by Gasteiger charge is 2.17. The van der Waals surface area contributed by atoms with Crippen molar-refractivity contribution in [1.82, 2.24) is 5.32 Å². The Morgan fingerprint density at radius 1 is 1.28 bits per heavy atom. The normalized spacial score (nSPS) is 11.8. The molecule has 8 heteroatoms. The van der Waals surface area contributed by atoms with E-state index in [-0.39, 0.29) is 5.57 Å². The van der Waals surface area contributed by atoms with E-state index in [2.05, 4.69) is 10.6 Å². The molecule has 0 aliphatic heterocycles. The highest BCUT2D eigenvalue weighted by molar-refractivity contribution is 5.99. The molecule has 8 nitrogen and oxygen atoms in total. The molecule has 0 saturated heterocycles. The molecule has 1 aromatic carbocycles. The fourth-order valence-corrected chi connectivity index (χ4v) is 1.78. The Balaban J connectivity index is 2.90. The van der Waals surface area contributed by atoms with Crippen molar-refractivity contribution in [3.8, 4) is 17.6 Å². The Hall–Kier alpha value is -3.21. The van der Waals surface area contributed by atoms with Gasteiger partial charge in [0, 0.05) is 18.0 Å². The third kappa shape index (κ3) is 6.06. The molecule has 0 spiro atoms. The second kappa shape index (κ2) is 9.82. The van der Waals surface area contributed by atoms with Gasteiger partial charge in [0.1, 0.15) is 17.7 Å². The molecule has 0 radical (unpaired) electrons. The topological polar surface area (TPSA) is 121 Å². The Labute approximate surface area is 146 Å². The first kappa shape index (κ1) is 19.8. The van der Waals surface area contributed by atoms with Gasteiger partial charge >= 0.3 is 5.97 Å². The number of benzene rings is 1. The quantitative estimate of drug-likeness (QED) is 0.461. The van der Waals surface area contributed by atoms with Crippen LogP contribution >= 0.6 is 0 Å². The summed E-state index contributed by atoms with van der Waals surface area (Å²) in [4.78, 5) is 22.6. The van der Waals surface area contributed by atoms with Gasteiger partial charge in [0.15, 0.2) is 11.5 Å². The molecular formula is C17H21N3O5. The summed E-state index contributed by atoms with van der Waals surface area (Å²) in [5.74, 6) is -0.843. The standard InChI is InChI=1S/C17H21N3O5/c1-4-24-14-7-6-13(8-15(14)25-5-2)19-10-12(9-18)16(21)20-11(3)17(22)23/h6-8,10-11,19H,4-5H2,1-3H3,(H,20,21)(H,22,23)/b12-10-. The van der Waals surface area contributed by atoms with Crippen LogP contribution < -0.4 is 20.1 Å². The maximum absolute atomic E-state index is 11.9. The zero-order valence-corrected chi connectivity index (χ0v) is 14.3. The van der Waals surface area contributed by atoms with Crippen LogP contribution in [0.4, 0.5) is 5.69 Å². The molecule has 1 aromatic rings. The van der Waals surface area contributed by atoms with Crippen LogP contribution in [0.25, 0.3) is 0 Å². The largest absolute Gasteiger partial charge is 0.490 e. The second-order valence-electron chi connectivity index (χ2n) is 4.88. The average Bonchev–Trinajstić information content (AvgIpc) is 2.57. The molecule has 0 heterocycles. The minimum absolute atomic E-state index is 0.250. The molecule has 134 valence electrons. The van der Waals surface area contributed by atoms with Gasteiger partial charge in [-0.25, -0.2) is 0 Å². The molecule has 3 N–H and O–H groups in total. The molecule has 0 bridgehead atoms. The van der Waals surface area contributed by atoms with Crippen LogP contribution in [0.15, 0.2) is 30.0 Å². The van der Waals surface area contributed by atoms with Crippen molar-refractivity contribution in [2.75, 3.05) is 18.5 Å². The van der Waals surface area contributed by atoms with Gasteiger partial charge in [-0.2, -0.15) is 5.26 Å². The number of carboxylic acids is 1. The fraction of sp³-hybridized carbons (Fsp3) is 0.353. The lowest BCUT2D eigenvalue weighted by atomic mass is 10.2.